The molecule has 1 aliphatic rings. The number of aromatic nitrogens is 2. The molecule has 0 amide bonds. The minimum atomic E-state index is -3.08. The van der Waals surface area contributed by atoms with Crippen molar-refractivity contribution in [2.24, 2.45) is 5.73 Å². The van der Waals surface area contributed by atoms with E-state index < -0.39 is 10.0 Å². The first-order valence-corrected chi connectivity index (χ1v) is 8.79. The summed E-state index contributed by atoms with van der Waals surface area (Å²) in [4.78, 5) is 4.31. The van der Waals surface area contributed by atoms with Gasteiger partial charge in [0.25, 0.3) is 0 Å². The van der Waals surface area contributed by atoms with Crippen molar-refractivity contribution < 1.29 is 12.9 Å². The highest BCUT2D eigenvalue weighted by Crippen LogP contribution is 2.18. The lowest BCUT2D eigenvalue weighted by molar-refractivity contribution is 0.359. The number of halogens is 1. The van der Waals surface area contributed by atoms with Gasteiger partial charge in [0.15, 0.2) is 0 Å². The molecule has 0 saturated carbocycles. The van der Waals surface area contributed by atoms with Crippen LogP contribution in [0.5, 0.6) is 0 Å². The molecule has 23 heavy (non-hydrogen) atoms. The van der Waals surface area contributed by atoms with Crippen LogP contribution in [0.25, 0.3) is 11.4 Å². The van der Waals surface area contributed by atoms with E-state index in [0.717, 1.165) is 11.1 Å². The van der Waals surface area contributed by atoms with Gasteiger partial charge < -0.3 is 10.3 Å². The van der Waals surface area contributed by atoms with Gasteiger partial charge in [-0.3, -0.25) is 0 Å². The molecule has 0 unspecified atom stereocenters. The summed E-state index contributed by atoms with van der Waals surface area (Å²) in [7, 11) is -3.08. The van der Waals surface area contributed by atoms with Gasteiger partial charge in [0.1, 0.15) is 0 Å². The van der Waals surface area contributed by atoms with E-state index in [1.807, 2.05) is 24.3 Å². The Morgan fingerprint density at radius 1 is 1.26 bits per heavy atom. The average Bonchev–Trinajstić information content (AvgIpc) is 3.11. The van der Waals surface area contributed by atoms with E-state index in [-0.39, 0.29) is 18.2 Å². The van der Waals surface area contributed by atoms with Gasteiger partial charge in [-0.25, -0.2) is 12.7 Å². The summed E-state index contributed by atoms with van der Waals surface area (Å²) in [5, 5.41) is 3.94. The molecule has 0 spiro atoms. The zero-order chi connectivity index (χ0) is 15.6. The first-order valence-electron chi connectivity index (χ1n) is 7.18. The molecule has 9 heteroatoms. The maximum Gasteiger partial charge on any atom is 0.228 e. The number of nitrogens with zero attached hydrogens (tertiary/aromatic N) is 3. The second kappa shape index (κ2) is 7.39. The van der Waals surface area contributed by atoms with Crippen LogP contribution in [0.3, 0.4) is 0 Å². The first kappa shape index (κ1) is 17.9. The van der Waals surface area contributed by atoms with Crippen molar-refractivity contribution in [2.45, 2.75) is 19.4 Å². The second-order valence-corrected chi connectivity index (χ2v) is 7.32. The molecule has 0 radical (unpaired) electrons. The summed E-state index contributed by atoms with van der Waals surface area (Å²) in [5.74, 6) is 1.18. The van der Waals surface area contributed by atoms with E-state index >= 15 is 0 Å². The zero-order valence-corrected chi connectivity index (χ0v) is 14.1. The Morgan fingerprint density at radius 2 is 2.00 bits per heavy atom. The van der Waals surface area contributed by atoms with Crippen molar-refractivity contribution in [3.8, 4) is 11.4 Å². The van der Waals surface area contributed by atoms with E-state index in [1.165, 1.54) is 4.31 Å². The van der Waals surface area contributed by atoms with Gasteiger partial charge in [-0.1, -0.05) is 29.4 Å². The Labute approximate surface area is 141 Å². The molecule has 2 N–H and O–H groups in total. The van der Waals surface area contributed by atoms with Crippen LogP contribution in [0.2, 0.25) is 0 Å². The number of nitrogens with two attached hydrogens (primary N) is 1. The Hall–Kier alpha value is -1.48. The van der Waals surface area contributed by atoms with Crippen molar-refractivity contribution in [3.63, 3.8) is 0 Å². The molecule has 2 heterocycles. The third-order valence-corrected chi connectivity index (χ3v) is 5.65. The van der Waals surface area contributed by atoms with Gasteiger partial charge in [-0.05, 0) is 12.0 Å². The molecule has 0 atom stereocenters. The molecule has 2 aromatic rings. The number of rotatable bonds is 5. The van der Waals surface area contributed by atoms with Crippen LogP contribution in [0.4, 0.5) is 0 Å². The van der Waals surface area contributed by atoms with E-state index in [2.05, 4.69) is 10.1 Å². The third kappa shape index (κ3) is 4.08. The lowest BCUT2D eigenvalue weighted by Gasteiger charge is -2.11. The van der Waals surface area contributed by atoms with Gasteiger partial charge in [0.05, 0.1) is 5.75 Å². The van der Waals surface area contributed by atoms with Crippen LogP contribution in [0, 0.1) is 0 Å². The Bertz CT molecular complexity index is 746. The summed E-state index contributed by atoms with van der Waals surface area (Å²) in [6.07, 6.45) is 1.11. The monoisotopic (exact) mass is 358 g/mol. The highest BCUT2D eigenvalue weighted by Gasteiger charge is 2.28. The molecule has 0 aliphatic carbocycles. The molecule has 126 valence electrons. The van der Waals surface area contributed by atoms with Crippen LogP contribution in [-0.4, -0.2) is 41.7 Å². The molecule has 3 rings (SSSR count). The fourth-order valence-electron chi connectivity index (χ4n) is 2.43. The second-order valence-electron chi connectivity index (χ2n) is 5.23. The van der Waals surface area contributed by atoms with E-state index in [0.29, 0.717) is 44.2 Å². The minimum Gasteiger partial charge on any atom is -0.339 e. The fraction of sp³-hybridized carbons (Fsp3) is 0.429. The fourth-order valence-corrected chi connectivity index (χ4v) is 3.96. The highest BCUT2D eigenvalue weighted by atomic mass is 35.5. The summed E-state index contributed by atoms with van der Waals surface area (Å²) in [6, 6.07) is 7.62. The van der Waals surface area contributed by atoms with Crippen LogP contribution in [0.1, 0.15) is 17.9 Å². The average molecular weight is 359 g/mol. The molecule has 1 fully saturated rings. The number of hydrogen-bond donors (Lipinski definition) is 1. The summed E-state index contributed by atoms with van der Waals surface area (Å²) < 4.78 is 30.1. The lowest BCUT2D eigenvalue weighted by atomic mass is 10.1. The third-order valence-electron chi connectivity index (χ3n) is 3.69. The topological polar surface area (TPSA) is 102 Å². The summed E-state index contributed by atoms with van der Waals surface area (Å²) in [5.41, 5.74) is 7.44. The maximum absolute atomic E-state index is 11.7. The highest BCUT2D eigenvalue weighted by molar-refractivity contribution is 7.89. The summed E-state index contributed by atoms with van der Waals surface area (Å²) in [6.45, 7) is 1.45. The van der Waals surface area contributed by atoms with Crippen molar-refractivity contribution >= 4 is 22.4 Å². The van der Waals surface area contributed by atoms with Crippen molar-refractivity contribution in [2.75, 3.05) is 18.8 Å². The zero-order valence-electron chi connectivity index (χ0n) is 12.5. The van der Waals surface area contributed by atoms with E-state index in [4.69, 9.17) is 10.3 Å². The van der Waals surface area contributed by atoms with Crippen LogP contribution >= 0.6 is 12.4 Å². The van der Waals surface area contributed by atoms with Gasteiger partial charge in [0.2, 0.25) is 21.7 Å². The maximum atomic E-state index is 11.7. The van der Waals surface area contributed by atoms with Crippen LogP contribution in [-0.2, 0) is 23.0 Å². The molecule has 1 aromatic carbocycles. The smallest absolute Gasteiger partial charge is 0.228 e. The van der Waals surface area contributed by atoms with Gasteiger partial charge >= 0.3 is 0 Å². The van der Waals surface area contributed by atoms with Gasteiger partial charge in [-0.2, -0.15) is 4.98 Å². The SMILES string of the molecule is Cl.NCc1ccc(-c2noc(CCN3CCCS3(=O)=O)n2)cc1. The van der Waals surface area contributed by atoms with Gasteiger partial charge in [-0.15, -0.1) is 12.4 Å². The normalized spacial score (nSPS) is 17.1. The number of benzene rings is 1. The lowest BCUT2D eigenvalue weighted by Crippen LogP contribution is -2.28. The van der Waals surface area contributed by atoms with Crippen molar-refractivity contribution in [1.82, 2.24) is 14.4 Å². The molecule has 7 nitrogen and oxygen atoms in total. The first-order chi connectivity index (χ1) is 10.6. The van der Waals surface area contributed by atoms with Crippen molar-refractivity contribution in [3.05, 3.63) is 35.7 Å². The number of hydrogen-bond acceptors (Lipinski definition) is 6. The molecular formula is C14H19ClN4O3S. The standard InChI is InChI=1S/C14H18N4O3S.ClH/c15-10-11-2-4-12(5-3-11)14-16-13(21-17-14)6-8-18-7-1-9-22(18,19)20;/h2-5H,1,6-10,15H2;1H. The molecular weight excluding hydrogens is 340 g/mol. The predicted octanol–water partition coefficient (Wildman–Crippen LogP) is 1.20. The Kier molecular flexibility index (Phi) is 5.74. The van der Waals surface area contributed by atoms with Crippen molar-refractivity contribution in [1.29, 1.82) is 0 Å². The minimum absolute atomic E-state index is 0. The quantitative estimate of drug-likeness (QED) is 0.861. The molecule has 1 aromatic heterocycles. The summed E-state index contributed by atoms with van der Waals surface area (Å²) >= 11 is 0. The van der Waals surface area contributed by atoms with Gasteiger partial charge in [0, 0.05) is 31.6 Å². The Morgan fingerprint density at radius 3 is 2.61 bits per heavy atom. The molecule has 0 bridgehead atoms. The molecule has 1 saturated heterocycles. The largest absolute Gasteiger partial charge is 0.339 e. The van der Waals surface area contributed by atoms with E-state index in [1.54, 1.807) is 0 Å². The number of sulfonamides is 1. The molecule has 1 aliphatic heterocycles. The predicted molar refractivity (Wildman–Crippen MR) is 88.6 cm³/mol. The van der Waals surface area contributed by atoms with Crippen LogP contribution < -0.4 is 5.73 Å². The van der Waals surface area contributed by atoms with Crippen LogP contribution in [0.15, 0.2) is 28.8 Å². The van der Waals surface area contributed by atoms with E-state index in [9.17, 15) is 8.42 Å². The Balaban J connectivity index is 0.00000192.